The monoisotopic (exact) mass is 443 g/mol. The Balaban J connectivity index is 1.47. The summed E-state index contributed by atoms with van der Waals surface area (Å²) in [6.45, 7) is 1.62. The van der Waals surface area contributed by atoms with E-state index in [9.17, 15) is 19.2 Å². The molecule has 8 nitrogen and oxygen atoms in total. The average molecular weight is 444 g/mol. The van der Waals surface area contributed by atoms with Crippen molar-refractivity contribution >= 4 is 41.0 Å². The number of carbonyl (C=O) groups is 4. The first-order valence-electron chi connectivity index (χ1n) is 9.78. The highest BCUT2D eigenvalue weighted by atomic mass is 35.5. The molecule has 1 aliphatic heterocycles. The van der Waals surface area contributed by atoms with E-state index >= 15 is 0 Å². The summed E-state index contributed by atoms with van der Waals surface area (Å²) in [6, 6.07) is 13.6. The van der Waals surface area contributed by atoms with E-state index < -0.39 is 30.3 Å². The maximum absolute atomic E-state index is 12.4. The highest BCUT2D eigenvalue weighted by Crippen LogP contribution is 2.29. The minimum Gasteiger partial charge on any atom is -0.455 e. The summed E-state index contributed by atoms with van der Waals surface area (Å²) < 4.78 is 5.03. The molecule has 3 amide bonds. The van der Waals surface area contributed by atoms with Crippen molar-refractivity contribution in [2.45, 2.75) is 19.8 Å². The maximum atomic E-state index is 12.4. The Labute approximate surface area is 184 Å². The number of nitrogens with zero attached hydrogens (tertiary/aromatic N) is 1. The van der Waals surface area contributed by atoms with Crippen LogP contribution in [0.4, 0.5) is 5.69 Å². The van der Waals surface area contributed by atoms with Gasteiger partial charge in [-0.05, 0) is 42.3 Å². The van der Waals surface area contributed by atoms with Crippen molar-refractivity contribution in [3.8, 4) is 0 Å². The van der Waals surface area contributed by atoms with Crippen molar-refractivity contribution in [3.63, 3.8) is 0 Å². The number of aryl methyl sites for hydroxylation is 1. The zero-order valence-corrected chi connectivity index (χ0v) is 17.6. The van der Waals surface area contributed by atoms with Gasteiger partial charge in [-0.2, -0.15) is 0 Å². The lowest BCUT2D eigenvalue weighted by Gasteiger charge is -2.19. The SMILES string of the molecule is CCc1ccccc1N1C[C@@H](C(=O)OCC(=O)NNC(=O)c2ccc(Cl)cc2)CC1=O. The lowest BCUT2D eigenvalue weighted by atomic mass is 10.1. The van der Waals surface area contributed by atoms with Crippen LogP contribution in [0, 0.1) is 5.92 Å². The van der Waals surface area contributed by atoms with Crippen LogP contribution in [-0.4, -0.2) is 36.8 Å². The summed E-state index contributed by atoms with van der Waals surface area (Å²) in [5, 5.41) is 0.481. The van der Waals surface area contributed by atoms with Crippen LogP contribution in [0.2, 0.25) is 5.02 Å². The molecule has 2 aromatic rings. The summed E-state index contributed by atoms with van der Waals surface area (Å²) in [5.74, 6) is -2.70. The first-order valence-corrected chi connectivity index (χ1v) is 10.2. The molecule has 1 heterocycles. The van der Waals surface area contributed by atoms with Crippen LogP contribution in [-0.2, 0) is 25.5 Å². The second-order valence-electron chi connectivity index (χ2n) is 7.00. The second kappa shape index (κ2) is 10.1. The van der Waals surface area contributed by atoms with Crippen molar-refractivity contribution in [3.05, 3.63) is 64.7 Å². The van der Waals surface area contributed by atoms with Gasteiger partial charge in [0.25, 0.3) is 11.8 Å². The van der Waals surface area contributed by atoms with E-state index in [1.54, 1.807) is 17.0 Å². The molecule has 0 radical (unpaired) electrons. The normalized spacial score (nSPS) is 15.5. The number of halogens is 1. The molecule has 2 N–H and O–H groups in total. The van der Waals surface area contributed by atoms with Crippen LogP contribution in [0.1, 0.15) is 29.3 Å². The Hall–Kier alpha value is -3.39. The molecule has 0 aromatic heterocycles. The number of carbonyl (C=O) groups excluding carboxylic acids is 4. The first kappa shape index (κ1) is 22.3. The van der Waals surface area contributed by atoms with Crippen LogP contribution in [0.25, 0.3) is 0 Å². The van der Waals surface area contributed by atoms with E-state index in [4.69, 9.17) is 16.3 Å². The molecular formula is C22H22ClN3O5. The van der Waals surface area contributed by atoms with Crippen LogP contribution in [0.15, 0.2) is 48.5 Å². The van der Waals surface area contributed by atoms with Gasteiger partial charge < -0.3 is 9.64 Å². The molecule has 31 heavy (non-hydrogen) atoms. The van der Waals surface area contributed by atoms with Gasteiger partial charge in [0, 0.05) is 29.2 Å². The molecule has 1 saturated heterocycles. The largest absolute Gasteiger partial charge is 0.455 e. The number of hydrazine groups is 1. The van der Waals surface area contributed by atoms with E-state index in [1.165, 1.54) is 12.1 Å². The van der Waals surface area contributed by atoms with Gasteiger partial charge in [0.05, 0.1) is 5.92 Å². The minimum atomic E-state index is -0.701. The van der Waals surface area contributed by atoms with Crippen LogP contribution in [0.3, 0.4) is 0 Å². The van der Waals surface area contributed by atoms with E-state index in [0.717, 1.165) is 17.7 Å². The topological polar surface area (TPSA) is 105 Å². The van der Waals surface area contributed by atoms with Gasteiger partial charge in [-0.3, -0.25) is 30.0 Å². The molecule has 162 valence electrons. The van der Waals surface area contributed by atoms with Crippen LogP contribution < -0.4 is 15.8 Å². The lowest BCUT2D eigenvalue weighted by Crippen LogP contribution is -2.43. The Morgan fingerprint density at radius 1 is 1.10 bits per heavy atom. The Kier molecular flexibility index (Phi) is 7.25. The van der Waals surface area contributed by atoms with Crippen LogP contribution in [0.5, 0.6) is 0 Å². The quantitative estimate of drug-likeness (QED) is 0.526. The number of hydrogen-bond acceptors (Lipinski definition) is 5. The molecule has 3 rings (SSSR count). The second-order valence-corrected chi connectivity index (χ2v) is 7.44. The Bertz CT molecular complexity index is 993. The lowest BCUT2D eigenvalue weighted by molar-refractivity contribution is -0.152. The average Bonchev–Trinajstić information content (AvgIpc) is 3.17. The van der Waals surface area contributed by atoms with Crippen molar-refractivity contribution in [2.75, 3.05) is 18.1 Å². The number of ether oxygens (including phenoxy) is 1. The molecule has 0 saturated carbocycles. The predicted octanol–water partition coefficient (Wildman–Crippen LogP) is 2.26. The molecule has 1 fully saturated rings. The molecule has 1 atom stereocenters. The molecule has 0 bridgehead atoms. The third kappa shape index (κ3) is 5.61. The summed E-state index contributed by atoms with van der Waals surface area (Å²) in [6.07, 6.45) is 0.781. The Morgan fingerprint density at radius 3 is 2.52 bits per heavy atom. The number of anilines is 1. The smallest absolute Gasteiger partial charge is 0.311 e. The fourth-order valence-corrected chi connectivity index (χ4v) is 3.39. The van der Waals surface area contributed by atoms with E-state index in [-0.39, 0.29) is 18.9 Å². The summed E-state index contributed by atoms with van der Waals surface area (Å²) >= 11 is 5.76. The summed E-state index contributed by atoms with van der Waals surface area (Å²) in [4.78, 5) is 50.2. The molecule has 0 spiro atoms. The number of hydrogen-bond donors (Lipinski definition) is 2. The first-order chi connectivity index (χ1) is 14.9. The number of nitrogens with one attached hydrogen (secondary N) is 2. The Morgan fingerprint density at radius 2 is 1.81 bits per heavy atom. The van der Waals surface area contributed by atoms with Gasteiger partial charge in [-0.1, -0.05) is 36.7 Å². The zero-order chi connectivity index (χ0) is 22.4. The predicted molar refractivity (Wildman–Crippen MR) is 114 cm³/mol. The number of rotatable bonds is 6. The fraction of sp³-hybridized carbons (Fsp3) is 0.273. The van der Waals surface area contributed by atoms with Crippen molar-refractivity contribution in [2.24, 2.45) is 5.92 Å². The zero-order valence-electron chi connectivity index (χ0n) is 16.9. The van der Waals surface area contributed by atoms with Gasteiger partial charge in [-0.15, -0.1) is 0 Å². The highest BCUT2D eigenvalue weighted by molar-refractivity contribution is 6.30. The fourth-order valence-electron chi connectivity index (χ4n) is 3.26. The molecule has 9 heteroatoms. The number of amides is 3. The van der Waals surface area contributed by atoms with E-state index in [0.29, 0.717) is 10.6 Å². The standard InChI is InChI=1S/C22H22ClN3O5/c1-2-14-5-3-4-6-18(14)26-12-16(11-20(26)28)22(30)31-13-19(27)24-25-21(29)15-7-9-17(23)10-8-15/h3-10,16H,2,11-13H2,1H3,(H,24,27)(H,25,29)/t16-/m0/s1. The van der Waals surface area contributed by atoms with Gasteiger partial charge in [0.15, 0.2) is 6.61 Å². The van der Waals surface area contributed by atoms with Crippen molar-refractivity contribution < 1.29 is 23.9 Å². The van der Waals surface area contributed by atoms with Crippen LogP contribution >= 0.6 is 11.6 Å². The van der Waals surface area contributed by atoms with Gasteiger partial charge in [0.1, 0.15) is 0 Å². The highest BCUT2D eigenvalue weighted by Gasteiger charge is 2.37. The van der Waals surface area contributed by atoms with Crippen molar-refractivity contribution in [1.29, 1.82) is 0 Å². The number of esters is 1. The summed E-state index contributed by atoms with van der Waals surface area (Å²) in [5.41, 5.74) is 6.50. The number of benzene rings is 2. The number of para-hydroxylation sites is 1. The molecule has 0 unspecified atom stereocenters. The third-order valence-electron chi connectivity index (χ3n) is 4.89. The minimum absolute atomic E-state index is 0.0196. The maximum Gasteiger partial charge on any atom is 0.311 e. The van der Waals surface area contributed by atoms with Gasteiger partial charge >= 0.3 is 5.97 Å². The molecule has 0 aliphatic carbocycles. The summed E-state index contributed by atoms with van der Waals surface area (Å²) in [7, 11) is 0. The molecule has 2 aromatic carbocycles. The van der Waals surface area contributed by atoms with E-state index in [1.807, 2.05) is 31.2 Å². The van der Waals surface area contributed by atoms with E-state index in [2.05, 4.69) is 10.9 Å². The molecule has 1 aliphatic rings. The van der Waals surface area contributed by atoms with Gasteiger partial charge in [0.2, 0.25) is 5.91 Å². The van der Waals surface area contributed by atoms with Crippen molar-refractivity contribution in [1.82, 2.24) is 10.9 Å². The third-order valence-corrected chi connectivity index (χ3v) is 5.14. The molecular weight excluding hydrogens is 422 g/mol. The van der Waals surface area contributed by atoms with Gasteiger partial charge in [-0.25, -0.2) is 0 Å².